The molecule has 0 saturated heterocycles. The fourth-order valence-corrected chi connectivity index (χ4v) is 1.37. The minimum Gasteiger partial charge on any atom is -0.298 e. The maximum atomic E-state index is 12.8. The molecule has 0 bridgehead atoms. The number of aromatic nitrogens is 2. The van der Waals surface area contributed by atoms with Gasteiger partial charge in [-0.05, 0) is 23.8 Å². The van der Waals surface area contributed by atoms with Crippen LogP contribution in [0, 0.1) is 5.82 Å². The van der Waals surface area contributed by atoms with Crippen LogP contribution in [-0.2, 0) is 4.79 Å². The molecule has 0 atom stereocenters. The summed E-state index contributed by atoms with van der Waals surface area (Å²) in [6, 6.07) is 5.71. The van der Waals surface area contributed by atoms with Crippen molar-refractivity contribution in [2.75, 3.05) is 0 Å². The van der Waals surface area contributed by atoms with Gasteiger partial charge >= 0.3 is 0 Å². The zero-order valence-electron chi connectivity index (χ0n) is 8.88. The molecule has 1 aromatic carbocycles. The first kappa shape index (κ1) is 11.1. The van der Waals surface area contributed by atoms with E-state index in [0.717, 1.165) is 0 Å². The van der Waals surface area contributed by atoms with E-state index in [1.807, 2.05) is 0 Å². The Hall–Kier alpha value is -2.36. The first-order valence-corrected chi connectivity index (χ1v) is 4.98. The molecule has 17 heavy (non-hydrogen) atoms. The third-order valence-corrected chi connectivity index (χ3v) is 2.19. The molecule has 84 valence electrons. The van der Waals surface area contributed by atoms with E-state index in [0.29, 0.717) is 23.1 Å². The number of carbonyl (C=O) groups is 1. The van der Waals surface area contributed by atoms with Crippen molar-refractivity contribution < 1.29 is 9.18 Å². The molecule has 0 aliphatic rings. The molecule has 2 rings (SSSR count). The minimum absolute atomic E-state index is 0.335. The summed E-state index contributed by atoms with van der Waals surface area (Å²) in [5.41, 5.74) is 1.66. The molecule has 0 spiro atoms. The molecule has 4 heteroatoms. The Morgan fingerprint density at radius 2 is 1.94 bits per heavy atom. The van der Waals surface area contributed by atoms with Crippen LogP contribution in [0.2, 0.25) is 0 Å². The van der Waals surface area contributed by atoms with Gasteiger partial charge in [0.05, 0.1) is 11.9 Å². The van der Waals surface area contributed by atoms with Crippen LogP contribution in [0.3, 0.4) is 0 Å². The predicted molar refractivity (Wildman–Crippen MR) is 62.4 cm³/mol. The van der Waals surface area contributed by atoms with Crippen LogP contribution >= 0.6 is 0 Å². The maximum Gasteiger partial charge on any atom is 0.150 e. The number of benzene rings is 1. The third-order valence-electron chi connectivity index (χ3n) is 2.19. The van der Waals surface area contributed by atoms with Gasteiger partial charge in [0.15, 0.2) is 6.29 Å². The summed E-state index contributed by atoms with van der Waals surface area (Å²) in [6.07, 6.45) is 6.96. The number of aldehydes is 1. The lowest BCUT2D eigenvalue weighted by Gasteiger charge is -2.00. The van der Waals surface area contributed by atoms with E-state index < -0.39 is 0 Å². The van der Waals surface area contributed by atoms with Gasteiger partial charge in [0, 0.05) is 18.0 Å². The number of hydrogen-bond donors (Lipinski definition) is 0. The Morgan fingerprint density at radius 3 is 2.53 bits per heavy atom. The number of hydrogen-bond acceptors (Lipinski definition) is 3. The number of carbonyl (C=O) groups excluding carboxylic acids is 1. The second-order valence-corrected chi connectivity index (χ2v) is 3.35. The van der Waals surface area contributed by atoms with Crippen molar-refractivity contribution in [2.45, 2.75) is 0 Å². The van der Waals surface area contributed by atoms with Crippen molar-refractivity contribution in [3.63, 3.8) is 0 Å². The molecule has 0 fully saturated rings. The highest BCUT2D eigenvalue weighted by atomic mass is 19.1. The second kappa shape index (κ2) is 5.12. The van der Waals surface area contributed by atoms with Crippen molar-refractivity contribution in [3.05, 3.63) is 59.9 Å². The Bertz CT molecular complexity index is 535. The fourth-order valence-electron chi connectivity index (χ4n) is 1.37. The highest BCUT2D eigenvalue weighted by Crippen LogP contribution is 2.15. The molecule has 0 saturated carbocycles. The van der Waals surface area contributed by atoms with E-state index in [4.69, 9.17) is 0 Å². The summed E-state index contributed by atoms with van der Waals surface area (Å²) < 4.78 is 12.8. The molecule has 3 nitrogen and oxygen atoms in total. The van der Waals surface area contributed by atoms with E-state index >= 15 is 0 Å². The summed E-state index contributed by atoms with van der Waals surface area (Å²) in [7, 11) is 0. The fraction of sp³-hybridized carbons (Fsp3) is 0. The van der Waals surface area contributed by atoms with E-state index in [1.54, 1.807) is 36.8 Å². The third kappa shape index (κ3) is 2.81. The second-order valence-electron chi connectivity index (χ2n) is 3.35. The summed E-state index contributed by atoms with van der Waals surface area (Å²) >= 11 is 0. The van der Waals surface area contributed by atoms with Crippen LogP contribution < -0.4 is 0 Å². The Balaban J connectivity index is 2.37. The van der Waals surface area contributed by atoms with E-state index in [9.17, 15) is 9.18 Å². The average Bonchev–Trinajstić information content (AvgIpc) is 2.38. The summed E-state index contributed by atoms with van der Waals surface area (Å²) in [5, 5.41) is 0. The van der Waals surface area contributed by atoms with Crippen LogP contribution in [0.15, 0.2) is 42.9 Å². The molecule has 0 amide bonds. The highest BCUT2D eigenvalue weighted by Gasteiger charge is 2.01. The average molecular weight is 228 g/mol. The lowest BCUT2D eigenvalue weighted by molar-refractivity contribution is -0.103. The number of allylic oxidation sites excluding steroid dienone is 1. The van der Waals surface area contributed by atoms with Crippen LogP contribution in [-0.4, -0.2) is 16.3 Å². The monoisotopic (exact) mass is 228 g/mol. The van der Waals surface area contributed by atoms with Crippen LogP contribution in [0.1, 0.15) is 11.3 Å². The van der Waals surface area contributed by atoms with Gasteiger partial charge in [-0.3, -0.25) is 14.8 Å². The molecule has 0 unspecified atom stereocenters. The van der Waals surface area contributed by atoms with E-state index in [-0.39, 0.29) is 5.82 Å². The van der Waals surface area contributed by atoms with Crippen molar-refractivity contribution in [2.24, 2.45) is 0 Å². The highest BCUT2D eigenvalue weighted by molar-refractivity contribution is 6.13. The lowest BCUT2D eigenvalue weighted by atomic mass is 10.1. The van der Waals surface area contributed by atoms with Crippen molar-refractivity contribution >= 4 is 17.9 Å². The number of rotatable bonds is 3. The molecule has 1 aromatic heterocycles. The van der Waals surface area contributed by atoms with Gasteiger partial charge in [-0.25, -0.2) is 4.39 Å². The SMILES string of the molecule is O=CC(=Cc1cnccn1)c1ccc(F)cc1. The normalized spacial score (nSPS) is 11.2. The standard InChI is InChI=1S/C13H9FN2O/c14-12-3-1-10(2-4-12)11(9-17)7-13-8-15-5-6-16-13/h1-9H. The molecular formula is C13H9FN2O. The molecule has 0 radical (unpaired) electrons. The topological polar surface area (TPSA) is 42.9 Å². The lowest BCUT2D eigenvalue weighted by Crippen LogP contribution is -1.88. The van der Waals surface area contributed by atoms with Gasteiger partial charge in [0.1, 0.15) is 5.82 Å². The molecular weight excluding hydrogens is 219 g/mol. The number of nitrogens with zero attached hydrogens (tertiary/aromatic N) is 2. The molecule has 0 N–H and O–H groups in total. The molecule has 1 heterocycles. The quantitative estimate of drug-likeness (QED) is 0.598. The largest absolute Gasteiger partial charge is 0.298 e. The van der Waals surface area contributed by atoms with Crippen LogP contribution in [0.4, 0.5) is 4.39 Å². The molecule has 0 aliphatic carbocycles. The zero-order valence-corrected chi connectivity index (χ0v) is 8.88. The minimum atomic E-state index is -0.335. The van der Waals surface area contributed by atoms with Crippen LogP contribution in [0.25, 0.3) is 11.6 Å². The van der Waals surface area contributed by atoms with Gasteiger partial charge in [0.2, 0.25) is 0 Å². The van der Waals surface area contributed by atoms with E-state index in [1.165, 1.54) is 12.1 Å². The van der Waals surface area contributed by atoms with Crippen molar-refractivity contribution in [1.82, 2.24) is 9.97 Å². The van der Waals surface area contributed by atoms with Gasteiger partial charge in [-0.1, -0.05) is 12.1 Å². The summed E-state index contributed by atoms with van der Waals surface area (Å²) in [5.74, 6) is -0.335. The Morgan fingerprint density at radius 1 is 1.18 bits per heavy atom. The van der Waals surface area contributed by atoms with Gasteiger partial charge < -0.3 is 0 Å². The van der Waals surface area contributed by atoms with Gasteiger partial charge in [0.25, 0.3) is 0 Å². The number of halogens is 1. The van der Waals surface area contributed by atoms with E-state index in [2.05, 4.69) is 9.97 Å². The van der Waals surface area contributed by atoms with Crippen molar-refractivity contribution in [1.29, 1.82) is 0 Å². The zero-order chi connectivity index (χ0) is 12.1. The summed E-state index contributed by atoms with van der Waals surface area (Å²) in [4.78, 5) is 18.9. The van der Waals surface area contributed by atoms with Gasteiger partial charge in [-0.2, -0.15) is 0 Å². The molecule has 0 aliphatic heterocycles. The summed E-state index contributed by atoms with van der Waals surface area (Å²) in [6.45, 7) is 0. The Kier molecular flexibility index (Phi) is 3.35. The smallest absolute Gasteiger partial charge is 0.150 e. The van der Waals surface area contributed by atoms with Crippen LogP contribution in [0.5, 0.6) is 0 Å². The molecule has 2 aromatic rings. The predicted octanol–water partition coefficient (Wildman–Crippen LogP) is 2.36. The maximum absolute atomic E-state index is 12.8. The van der Waals surface area contributed by atoms with Crippen molar-refractivity contribution in [3.8, 4) is 0 Å². The first-order valence-electron chi connectivity index (χ1n) is 4.98. The Labute approximate surface area is 97.7 Å². The first-order chi connectivity index (χ1) is 8.29. The van der Waals surface area contributed by atoms with Gasteiger partial charge in [-0.15, -0.1) is 0 Å².